The van der Waals surface area contributed by atoms with Crippen LogP contribution in [0, 0.1) is 0 Å². The van der Waals surface area contributed by atoms with Gasteiger partial charge >= 0.3 is 5.97 Å². The number of aromatic nitrogens is 3. The first kappa shape index (κ1) is 12.8. The highest BCUT2D eigenvalue weighted by Gasteiger charge is 2.25. The fourth-order valence-electron chi connectivity index (χ4n) is 1.69. The van der Waals surface area contributed by atoms with E-state index in [1.807, 2.05) is 20.8 Å². The van der Waals surface area contributed by atoms with E-state index in [-0.39, 0.29) is 11.0 Å². The van der Waals surface area contributed by atoms with Crippen molar-refractivity contribution < 1.29 is 9.90 Å². The van der Waals surface area contributed by atoms with Crippen molar-refractivity contribution in [1.29, 1.82) is 0 Å². The Bertz CT molecular complexity index is 619. The molecule has 6 heteroatoms. The number of aromatic carboxylic acids is 1. The van der Waals surface area contributed by atoms with Gasteiger partial charge in [-0.3, -0.25) is 4.40 Å². The number of rotatable bonds is 3. The highest BCUT2D eigenvalue weighted by molar-refractivity contribution is 6.33. The van der Waals surface area contributed by atoms with Crippen LogP contribution in [0.3, 0.4) is 0 Å². The van der Waals surface area contributed by atoms with Gasteiger partial charge in [-0.1, -0.05) is 32.4 Å². The van der Waals surface area contributed by atoms with Gasteiger partial charge in [-0.2, -0.15) is 0 Å². The lowest BCUT2D eigenvalue weighted by Gasteiger charge is -2.20. The Morgan fingerprint density at radius 3 is 2.72 bits per heavy atom. The third-order valence-corrected chi connectivity index (χ3v) is 3.47. The van der Waals surface area contributed by atoms with Crippen molar-refractivity contribution in [2.24, 2.45) is 0 Å². The number of carboxylic acids is 1. The van der Waals surface area contributed by atoms with Gasteiger partial charge in [0.15, 0.2) is 5.65 Å². The average molecular weight is 268 g/mol. The van der Waals surface area contributed by atoms with Gasteiger partial charge in [0.05, 0.1) is 10.6 Å². The van der Waals surface area contributed by atoms with E-state index in [9.17, 15) is 4.79 Å². The number of carboxylic acid groups (broad SMARTS) is 1. The third-order valence-electron chi connectivity index (χ3n) is 3.20. The molecule has 0 bridgehead atoms. The summed E-state index contributed by atoms with van der Waals surface area (Å²) in [7, 11) is 0. The smallest absolute Gasteiger partial charge is 0.337 e. The number of carbonyl (C=O) groups is 1. The predicted molar refractivity (Wildman–Crippen MR) is 68.3 cm³/mol. The van der Waals surface area contributed by atoms with Crippen LogP contribution in [-0.4, -0.2) is 25.7 Å². The van der Waals surface area contributed by atoms with Crippen LogP contribution in [0.4, 0.5) is 0 Å². The fourth-order valence-corrected chi connectivity index (χ4v) is 1.94. The number of fused-ring (bicyclic) bond motifs is 1. The summed E-state index contributed by atoms with van der Waals surface area (Å²) in [6.07, 6.45) is 2.37. The van der Waals surface area contributed by atoms with Crippen LogP contribution in [0.2, 0.25) is 5.02 Å². The lowest BCUT2D eigenvalue weighted by molar-refractivity contribution is 0.0696. The molecule has 5 nitrogen and oxygen atoms in total. The van der Waals surface area contributed by atoms with Crippen LogP contribution < -0.4 is 0 Å². The first-order valence-corrected chi connectivity index (χ1v) is 6.02. The Morgan fingerprint density at radius 2 is 2.17 bits per heavy atom. The molecule has 0 aliphatic heterocycles. The minimum atomic E-state index is -1.02. The Morgan fingerprint density at radius 1 is 1.50 bits per heavy atom. The van der Waals surface area contributed by atoms with Gasteiger partial charge in [0.25, 0.3) is 0 Å². The van der Waals surface area contributed by atoms with E-state index in [0.29, 0.717) is 16.5 Å². The van der Waals surface area contributed by atoms with Crippen molar-refractivity contribution in [3.05, 3.63) is 28.7 Å². The zero-order chi connectivity index (χ0) is 13.5. The van der Waals surface area contributed by atoms with Gasteiger partial charge in [-0.15, -0.1) is 10.2 Å². The molecule has 0 unspecified atom stereocenters. The lowest BCUT2D eigenvalue weighted by Crippen LogP contribution is -2.20. The van der Waals surface area contributed by atoms with Crippen LogP contribution in [0.5, 0.6) is 0 Å². The van der Waals surface area contributed by atoms with Gasteiger partial charge in [0.1, 0.15) is 5.82 Å². The molecule has 2 aromatic heterocycles. The highest BCUT2D eigenvalue weighted by atomic mass is 35.5. The van der Waals surface area contributed by atoms with Gasteiger partial charge in [0, 0.05) is 11.6 Å². The Labute approximate surface area is 109 Å². The summed E-state index contributed by atoms with van der Waals surface area (Å²) in [4.78, 5) is 11.0. The second-order valence-electron chi connectivity index (χ2n) is 4.84. The molecule has 0 spiro atoms. The molecule has 0 saturated heterocycles. The van der Waals surface area contributed by atoms with Crippen molar-refractivity contribution in [2.45, 2.75) is 32.6 Å². The molecule has 2 rings (SSSR count). The minimum Gasteiger partial charge on any atom is -0.478 e. The molecule has 0 radical (unpaired) electrons. The van der Waals surface area contributed by atoms with E-state index in [1.54, 1.807) is 4.40 Å². The molecular weight excluding hydrogens is 254 g/mol. The summed E-state index contributed by atoms with van der Waals surface area (Å²) < 4.78 is 1.66. The monoisotopic (exact) mass is 267 g/mol. The summed E-state index contributed by atoms with van der Waals surface area (Å²) in [5.74, 6) is -0.308. The summed E-state index contributed by atoms with van der Waals surface area (Å²) in [5.41, 5.74) is 0.415. The Hall–Kier alpha value is -1.62. The molecular formula is C12H14ClN3O2. The number of hydrogen-bond donors (Lipinski definition) is 1. The zero-order valence-corrected chi connectivity index (χ0v) is 11.2. The quantitative estimate of drug-likeness (QED) is 0.928. The molecule has 0 fully saturated rings. The molecule has 0 aromatic carbocycles. The summed E-state index contributed by atoms with van der Waals surface area (Å²) in [6, 6.07) is 1.39. The van der Waals surface area contributed by atoms with Crippen molar-refractivity contribution in [1.82, 2.24) is 14.6 Å². The maximum Gasteiger partial charge on any atom is 0.337 e. The Balaban J connectivity index is 2.75. The van der Waals surface area contributed by atoms with Crippen LogP contribution in [0.25, 0.3) is 5.65 Å². The number of halogens is 1. The molecule has 2 aromatic rings. The van der Waals surface area contributed by atoms with E-state index in [4.69, 9.17) is 16.7 Å². The number of pyridine rings is 1. The SMILES string of the molecule is CCC(C)(C)c1nnc2c(Cl)cc(C(=O)O)cn12. The van der Waals surface area contributed by atoms with Gasteiger partial charge in [-0.05, 0) is 12.5 Å². The molecule has 1 N–H and O–H groups in total. The predicted octanol–water partition coefficient (Wildman–Crippen LogP) is 2.77. The van der Waals surface area contributed by atoms with E-state index in [0.717, 1.165) is 6.42 Å². The second kappa shape index (κ2) is 4.24. The van der Waals surface area contributed by atoms with Crippen LogP contribution in [0.1, 0.15) is 43.4 Å². The van der Waals surface area contributed by atoms with E-state index in [1.165, 1.54) is 12.3 Å². The molecule has 18 heavy (non-hydrogen) atoms. The fraction of sp³-hybridized carbons (Fsp3) is 0.417. The highest BCUT2D eigenvalue weighted by Crippen LogP contribution is 2.28. The standard InChI is InChI=1S/C12H14ClN3O2/c1-4-12(2,3)11-15-14-9-8(13)5-7(10(17)18)6-16(9)11/h5-6H,4H2,1-3H3,(H,17,18). The lowest BCUT2D eigenvalue weighted by atomic mass is 9.89. The Kier molecular flexibility index (Phi) is 3.02. The molecule has 0 amide bonds. The van der Waals surface area contributed by atoms with Crippen molar-refractivity contribution in [3.8, 4) is 0 Å². The summed E-state index contributed by atoms with van der Waals surface area (Å²) in [5, 5.41) is 17.5. The molecule has 0 aliphatic rings. The van der Waals surface area contributed by atoms with Crippen molar-refractivity contribution >= 4 is 23.2 Å². The van der Waals surface area contributed by atoms with Gasteiger partial charge in [-0.25, -0.2) is 4.79 Å². The van der Waals surface area contributed by atoms with Crippen LogP contribution >= 0.6 is 11.6 Å². The number of nitrogens with zero attached hydrogens (tertiary/aromatic N) is 3. The zero-order valence-electron chi connectivity index (χ0n) is 10.4. The molecule has 0 atom stereocenters. The summed E-state index contributed by atoms with van der Waals surface area (Å²) in [6.45, 7) is 6.11. The third kappa shape index (κ3) is 1.95. The first-order valence-electron chi connectivity index (χ1n) is 5.65. The van der Waals surface area contributed by atoms with Gasteiger partial charge < -0.3 is 5.11 Å². The molecule has 0 aliphatic carbocycles. The van der Waals surface area contributed by atoms with Crippen molar-refractivity contribution in [3.63, 3.8) is 0 Å². The van der Waals surface area contributed by atoms with Crippen LogP contribution in [0.15, 0.2) is 12.3 Å². The first-order chi connectivity index (χ1) is 8.36. The molecule has 0 saturated carbocycles. The average Bonchev–Trinajstić information content (AvgIpc) is 2.73. The topological polar surface area (TPSA) is 67.5 Å². The van der Waals surface area contributed by atoms with E-state index >= 15 is 0 Å². The normalized spacial score (nSPS) is 12.0. The van der Waals surface area contributed by atoms with Crippen LogP contribution in [-0.2, 0) is 5.41 Å². The molecule has 2 heterocycles. The minimum absolute atomic E-state index is 0.125. The van der Waals surface area contributed by atoms with Gasteiger partial charge in [0.2, 0.25) is 0 Å². The summed E-state index contributed by atoms with van der Waals surface area (Å²) >= 11 is 6.03. The largest absolute Gasteiger partial charge is 0.478 e. The van der Waals surface area contributed by atoms with E-state index < -0.39 is 5.97 Å². The maximum absolute atomic E-state index is 11.0. The van der Waals surface area contributed by atoms with E-state index in [2.05, 4.69) is 10.2 Å². The van der Waals surface area contributed by atoms with Crippen molar-refractivity contribution in [2.75, 3.05) is 0 Å². The maximum atomic E-state index is 11.0. The molecule has 96 valence electrons. The number of hydrogen-bond acceptors (Lipinski definition) is 3. The second-order valence-corrected chi connectivity index (χ2v) is 5.24.